The molecule has 27 heavy (non-hydrogen) atoms. The lowest BCUT2D eigenvalue weighted by Gasteiger charge is -2.29. The highest BCUT2D eigenvalue weighted by molar-refractivity contribution is 6.06. The summed E-state index contributed by atoms with van der Waals surface area (Å²) in [6.45, 7) is 9.42. The Balaban J connectivity index is 2.29. The van der Waals surface area contributed by atoms with E-state index in [-0.39, 0.29) is 5.91 Å². The van der Waals surface area contributed by atoms with Crippen molar-refractivity contribution in [2.24, 2.45) is 0 Å². The number of carbonyl (C=O) groups excluding carboxylic acids is 1. The van der Waals surface area contributed by atoms with E-state index in [0.717, 1.165) is 47.9 Å². The Hall–Kier alpha value is -2.07. The van der Waals surface area contributed by atoms with Gasteiger partial charge in [0.15, 0.2) is 0 Å². The average molecular weight is 372 g/mol. The van der Waals surface area contributed by atoms with Crippen LogP contribution in [-0.4, -0.2) is 24.7 Å². The van der Waals surface area contributed by atoms with Gasteiger partial charge >= 0.3 is 0 Å². The van der Waals surface area contributed by atoms with E-state index in [9.17, 15) is 4.79 Å². The highest BCUT2D eigenvalue weighted by atomic mass is 16.5. The van der Waals surface area contributed by atoms with Crippen molar-refractivity contribution >= 4 is 22.4 Å². The quantitative estimate of drug-likeness (QED) is 0.531. The van der Waals surface area contributed by atoms with E-state index in [1.54, 1.807) is 0 Å². The molecule has 0 spiro atoms. The number of amides is 1. The Labute approximate surface area is 163 Å². The van der Waals surface area contributed by atoms with Gasteiger partial charge in [0.2, 0.25) is 0 Å². The molecule has 2 aromatic rings. The van der Waals surface area contributed by atoms with Gasteiger partial charge in [-0.1, -0.05) is 57.9 Å². The normalized spacial score (nSPS) is 13.3. The lowest BCUT2D eigenvalue weighted by Crippen LogP contribution is -2.43. The van der Waals surface area contributed by atoms with Gasteiger partial charge < -0.3 is 14.8 Å². The van der Waals surface area contributed by atoms with Crippen LogP contribution in [0.4, 0.5) is 5.69 Å². The summed E-state index contributed by atoms with van der Waals surface area (Å²) in [7, 11) is 0. The third-order valence-corrected chi connectivity index (χ3v) is 4.71. The first kappa shape index (κ1) is 21.2. The van der Waals surface area contributed by atoms with Crippen LogP contribution in [0, 0.1) is 0 Å². The van der Waals surface area contributed by atoms with Crippen LogP contribution in [0.5, 0.6) is 5.75 Å². The molecule has 0 fully saturated rings. The molecule has 0 bridgehead atoms. The van der Waals surface area contributed by atoms with Crippen molar-refractivity contribution in [1.82, 2.24) is 0 Å². The van der Waals surface area contributed by atoms with Gasteiger partial charge in [0.1, 0.15) is 11.4 Å². The van der Waals surface area contributed by atoms with Gasteiger partial charge in [-0.25, -0.2) is 0 Å². The molecular weight excluding hydrogens is 338 g/mol. The smallest absolute Gasteiger partial charge is 0.256 e. The number of ether oxygens (including phenoxy) is 2. The number of unbranched alkanes of at least 4 members (excludes halogenated alkanes) is 1. The summed E-state index contributed by atoms with van der Waals surface area (Å²) in [6.07, 6.45) is 4.55. The molecule has 2 rings (SSSR count). The van der Waals surface area contributed by atoms with Crippen molar-refractivity contribution in [1.29, 1.82) is 0 Å². The van der Waals surface area contributed by atoms with Crippen LogP contribution in [0.25, 0.3) is 10.8 Å². The molecule has 1 amide bonds. The average Bonchev–Trinajstić information content (AvgIpc) is 2.70. The van der Waals surface area contributed by atoms with Crippen LogP contribution in [-0.2, 0) is 9.53 Å². The Morgan fingerprint density at radius 3 is 2.33 bits per heavy atom. The standard InChI is InChI=1S/C23H33NO3/c1-5-8-15-23(4,27-17-7-3)22(25)24-20-13-14-21(26-16-6-2)19-12-10-9-11-18(19)20/h9-14H,5-8,15-17H2,1-4H3,(H,24,25). The van der Waals surface area contributed by atoms with Gasteiger partial charge in [-0.2, -0.15) is 0 Å². The fourth-order valence-electron chi connectivity index (χ4n) is 3.07. The highest BCUT2D eigenvalue weighted by Gasteiger charge is 2.33. The Bertz CT molecular complexity index is 733. The highest BCUT2D eigenvalue weighted by Crippen LogP contribution is 2.33. The van der Waals surface area contributed by atoms with Gasteiger partial charge in [0, 0.05) is 23.1 Å². The van der Waals surface area contributed by atoms with Crippen molar-refractivity contribution in [2.75, 3.05) is 18.5 Å². The van der Waals surface area contributed by atoms with Gasteiger partial charge in [-0.15, -0.1) is 0 Å². The summed E-state index contributed by atoms with van der Waals surface area (Å²) in [5.74, 6) is 0.762. The van der Waals surface area contributed by atoms with Gasteiger partial charge in [0.25, 0.3) is 5.91 Å². The number of anilines is 1. The molecule has 0 aromatic heterocycles. The molecule has 0 aliphatic rings. The molecule has 0 saturated carbocycles. The van der Waals surface area contributed by atoms with Gasteiger partial charge in [-0.3, -0.25) is 4.79 Å². The van der Waals surface area contributed by atoms with E-state index in [1.807, 2.05) is 43.3 Å². The largest absolute Gasteiger partial charge is 0.493 e. The number of rotatable bonds is 11. The molecule has 1 unspecified atom stereocenters. The SMILES string of the molecule is CCCCC(C)(OCCC)C(=O)Nc1ccc(OCCC)c2ccccc12. The second-order valence-corrected chi connectivity index (χ2v) is 7.14. The Kier molecular flexibility index (Phi) is 8.11. The van der Waals surface area contributed by atoms with Crippen molar-refractivity contribution in [3.05, 3.63) is 36.4 Å². The molecule has 1 atom stereocenters. The molecule has 4 heteroatoms. The van der Waals surface area contributed by atoms with Crippen molar-refractivity contribution in [2.45, 2.75) is 65.4 Å². The molecule has 1 N–H and O–H groups in total. The third-order valence-electron chi connectivity index (χ3n) is 4.71. The predicted octanol–water partition coefficient (Wildman–Crippen LogP) is 5.94. The number of fused-ring (bicyclic) bond motifs is 1. The van der Waals surface area contributed by atoms with Crippen LogP contribution >= 0.6 is 0 Å². The predicted molar refractivity (Wildman–Crippen MR) is 113 cm³/mol. The Morgan fingerprint density at radius 2 is 1.67 bits per heavy atom. The second kappa shape index (κ2) is 10.3. The summed E-state index contributed by atoms with van der Waals surface area (Å²) < 4.78 is 11.8. The summed E-state index contributed by atoms with van der Waals surface area (Å²) in [5, 5.41) is 5.09. The molecule has 0 heterocycles. The lowest BCUT2D eigenvalue weighted by atomic mass is 9.97. The van der Waals surface area contributed by atoms with Crippen LogP contribution in [0.1, 0.15) is 59.8 Å². The number of benzene rings is 2. The molecule has 0 radical (unpaired) electrons. The van der Waals surface area contributed by atoms with Crippen LogP contribution in [0.2, 0.25) is 0 Å². The minimum Gasteiger partial charge on any atom is -0.493 e. The van der Waals surface area contributed by atoms with Gasteiger partial charge in [0.05, 0.1) is 6.61 Å². The molecule has 0 aliphatic carbocycles. The summed E-state index contributed by atoms with van der Waals surface area (Å²) >= 11 is 0. The number of carbonyl (C=O) groups is 1. The zero-order valence-corrected chi connectivity index (χ0v) is 17.1. The fourth-order valence-corrected chi connectivity index (χ4v) is 3.07. The summed E-state index contributed by atoms with van der Waals surface area (Å²) in [6, 6.07) is 11.9. The maximum atomic E-state index is 13.1. The molecule has 4 nitrogen and oxygen atoms in total. The second-order valence-electron chi connectivity index (χ2n) is 7.14. The molecule has 2 aromatic carbocycles. The topological polar surface area (TPSA) is 47.6 Å². The number of hydrogen-bond donors (Lipinski definition) is 1. The van der Waals surface area contributed by atoms with E-state index >= 15 is 0 Å². The zero-order chi connectivity index (χ0) is 19.7. The number of nitrogens with one attached hydrogen (secondary N) is 1. The summed E-state index contributed by atoms with van der Waals surface area (Å²) in [4.78, 5) is 13.1. The van der Waals surface area contributed by atoms with E-state index < -0.39 is 5.60 Å². The van der Waals surface area contributed by atoms with Crippen LogP contribution in [0.15, 0.2) is 36.4 Å². The first-order valence-corrected chi connectivity index (χ1v) is 10.2. The minimum absolute atomic E-state index is 0.0863. The van der Waals surface area contributed by atoms with E-state index in [0.29, 0.717) is 19.6 Å². The summed E-state index contributed by atoms with van der Waals surface area (Å²) in [5.41, 5.74) is -0.0212. The first-order valence-electron chi connectivity index (χ1n) is 10.2. The maximum absolute atomic E-state index is 13.1. The number of hydrogen-bond acceptors (Lipinski definition) is 3. The first-order chi connectivity index (χ1) is 13.1. The van der Waals surface area contributed by atoms with Crippen molar-refractivity contribution < 1.29 is 14.3 Å². The monoisotopic (exact) mass is 371 g/mol. The van der Waals surface area contributed by atoms with Gasteiger partial charge in [-0.05, 0) is 38.3 Å². The molecule has 0 aliphatic heterocycles. The Morgan fingerprint density at radius 1 is 0.963 bits per heavy atom. The lowest BCUT2D eigenvalue weighted by molar-refractivity contribution is -0.140. The van der Waals surface area contributed by atoms with E-state index in [4.69, 9.17) is 9.47 Å². The van der Waals surface area contributed by atoms with Crippen molar-refractivity contribution in [3.8, 4) is 5.75 Å². The minimum atomic E-state index is -0.815. The molecule has 148 valence electrons. The van der Waals surface area contributed by atoms with E-state index in [2.05, 4.69) is 26.1 Å². The third kappa shape index (κ3) is 5.46. The van der Waals surface area contributed by atoms with Crippen LogP contribution < -0.4 is 10.1 Å². The molecular formula is C23H33NO3. The van der Waals surface area contributed by atoms with Crippen molar-refractivity contribution in [3.63, 3.8) is 0 Å². The maximum Gasteiger partial charge on any atom is 0.256 e. The zero-order valence-electron chi connectivity index (χ0n) is 17.1. The van der Waals surface area contributed by atoms with Crippen LogP contribution in [0.3, 0.4) is 0 Å². The molecule has 0 saturated heterocycles. The fraction of sp³-hybridized carbons (Fsp3) is 0.522. The van der Waals surface area contributed by atoms with E-state index in [1.165, 1.54) is 0 Å².